The summed E-state index contributed by atoms with van der Waals surface area (Å²) in [6.07, 6.45) is 8.81. The van der Waals surface area contributed by atoms with Gasteiger partial charge in [-0.1, -0.05) is 19.9 Å². The number of pyridine rings is 2. The summed E-state index contributed by atoms with van der Waals surface area (Å²) < 4.78 is 10.9. The highest BCUT2D eigenvalue weighted by Gasteiger charge is 2.28. The fourth-order valence-electron chi connectivity index (χ4n) is 7.40. The number of ether oxygens (including phenoxy) is 1. The molecular formula is C43H51N15O4. The molecule has 7 aromatic heterocycles. The summed E-state index contributed by atoms with van der Waals surface area (Å²) >= 11 is 0. The molecule has 1 saturated heterocycles. The Morgan fingerprint density at radius 1 is 0.935 bits per heavy atom. The van der Waals surface area contributed by atoms with Crippen LogP contribution in [0, 0.1) is 5.41 Å². The molecule has 62 heavy (non-hydrogen) atoms. The molecule has 322 valence electrons. The molecule has 1 saturated carbocycles. The van der Waals surface area contributed by atoms with Crippen LogP contribution in [0.1, 0.15) is 67.3 Å². The van der Waals surface area contributed by atoms with Crippen LogP contribution in [0.3, 0.4) is 0 Å². The van der Waals surface area contributed by atoms with Crippen LogP contribution < -0.4 is 31.2 Å². The Bertz CT molecular complexity index is 2780. The summed E-state index contributed by atoms with van der Waals surface area (Å²) in [4.78, 5) is 55.1. The topological polar surface area (TPSA) is 198 Å². The number of hydroxylamine groups is 1. The highest BCUT2D eigenvalue weighted by molar-refractivity contribution is 6.01. The van der Waals surface area contributed by atoms with E-state index in [4.69, 9.17) is 24.5 Å². The van der Waals surface area contributed by atoms with Gasteiger partial charge in [0, 0.05) is 86.7 Å². The number of nitrogens with zero attached hydrogens (tertiary/aromatic N) is 11. The number of carbonyl (C=O) groups excluding carboxylic acids is 2. The summed E-state index contributed by atoms with van der Waals surface area (Å²) in [5.74, 6) is 2.54. The van der Waals surface area contributed by atoms with Crippen molar-refractivity contribution in [1.82, 2.24) is 54.4 Å². The number of aromatic nitrogens is 9. The maximum atomic E-state index is 13.9. The Hall–Kier alpha value is -6.86. The van der Waals surface area contributed by atoms with Crippen molar-refractivity contribution in [1.29, 1.82) is 0 Å². The number of anilines is 5. The molecule has 7 aromatic rings. The Labute approximate surface area is 357 Å². The standard InChI is InChI=1S/C43H51N15O4/c1-26(2)56-23-31(28-9-8-14-45-38(28)56)32-19-36(44-5)57-39(50-32)29(21-47-57)41(59)46-24-43(3,4)25-62-54(6)37-20-34(51-33-10-7-11-35(52-33)55-15-17-61-18-16-55)53-40-30(22-48-58(37)40)42(60)49-27-12-13-27/h7-11,14,19-23,26-27,44H,12-13,15-18,24-25H2,1-6H3,(H,46,59)(H,49,60)(H,51,52,53). The molecule has 0 spiro atoms. The second kappa shape index (κ2) is 16.5. The minimum atomic E-state index is -0.538. The number of nitrogens with one attached hydrogen (secondary N) is 4. The van der Waals surface area contributed by atoms with E-state index >= 15 is 0 Å². The van der Waals surface area contributed by atoms with Crippen LogP contribution in [0.4, 0.5) is 29.1 Å². The highest BCUT2D eigenvalue weighted by Crippen LogP contribution is 2.33. The first-order valence-electron chi connectivity index (χ1n) is 20.9. The smallest absolute Gasteiger partial charge is 0.256 e. The van der Waals surface area contributed by atoms with Crippen molar-refractivity contribution < 1.29 is 19.2 Å². The van der Waals surface area contributed by atoms with E-state index in [1.165, 1.54) is 12.4 Å². The number of rotatable bonds is 15. The normalized spacial score (nSPS) is 14.5. The average molecular weight is 842 g/mol. The monoisotopic (exact) mass is 841 g/mol. The molecule has 0 bridgehead atoms. The van der Waals surface area contributed by atoms with Crippen LogP contribution in [-0.4, -0.2) is 115 Å². The molecule has 19 heteroatoms. The first-order valence-corrected chi connectivity index (χ1v) is 20.9. The lowest BCUT2D eigenvalue weighted by atomic mass is 9.95. The van der Waals surface area contributed by atoms with Gasteiger partial charge in [0.25, 0.3) is 11.8 Å². The lowest BCUT2D eigenvalue weighted by molar-refractivity contribution is 0.0496. The van der Waals surface area contributed by atoms with E-state index in [0.29, 0.717) is 64.6 Å². The van der Waals surface area contributed by atoms with Crippen LogP contribution in [0.15, 0.2) is 67.3 Å². The predicted molar refractivity (Wildman–Crippen MR) is 236 cm³/mol. The van der Waals surface area contributed by atoms with E-state index in [9.17, 15) is 9.59 Å². The maximum absolute atomic E-state index is 13.9. The molecule has 0 unspecified atom stereocenters. The molecule has 19 nitrogen and oxygen atoms in total. The summed E-state index contributed by atoms with van der Waals surface area (Å²) in [6, 6.07) is 13.8. The van der Waals surface area contributed by atoms with E-state index in [1.54, 1.807) is 33.4 Å². The lowest BCUT2D eigenvalue weighted by Gasteiger charge is -2.28. The van der Waals surface area contributed by atoms with Gasteiger partial charge in [-0.25, -0.2) is 25.0 Å². The third-order valence-electron chi connectivity index (χ3n) is 11.0. The first kappa shape index (κ1) is 40.5. The van der Waals surface area contributed by atoms with E-state index in [0.717, 1.165) is 48.3 Å². The van der Waals surface area contributed by atoms with Crippen LogP contribution in [0.2, 0.25) is 0 Å². The number of hydrogen-bond donors (Lipinski definition) is 4. The molecular weight excluding hydrogens is 791 g/mol. The summed E-state index contributed by atoms with van der Waals surface area (Å²) in [6.45, 7) is 11.5. The van der Waals surface area contributed by atoms with Gasteiger partial charge < -0.3 is 35.5 Å². The zero-order valence-electron chi connectivity index (χ0n) is 35.7. The van der Waals surface area contributed by atoms with Gasteiger partial charge in [-0.05, 0) is 51.0 Å². The maximum Gasteiger partial charge on any atom is 0.256 e. The highest BCUT2D eigenvalue weighted by atomic mass is 16.7. The Kier molecular flexibility index (Phi) is 10.8. The van der Waals surface area contributed by atoms with E-state index in [1.807, 2.05) is 57.3 Å². The van der Waals surface area contributed by atoms with Crippen LogP contribution in [0.5, 0.6) is 0 Å². The number of fused-ring (bicyclic) bond motifs is 3. The molecule has 0 aromatic carbocycles. The molecule has 2 amide bonds. The van der Waals surface area contributed by atoms with Crippen molar-refractivity contribution in [2.45, 2.75) is 52.6 Å². The van der Waals surface area contributed by atoms with E-state index in [2.05, 4.69) is 66.0 Å². The zero-order valence-corrected chi connectivity index (χ0v) is 35.7. The minimum Gasteiger partial charge on any atom is -0.378 e. The summed E-state index contributed by atoms with van der Waals surface area (Å²) in [5.41, 5.74) is 3.41. The van der Waals surface area contributed by atoms with Crippen molar-refractivity contribution in [3.63, 3.8) is 0 Å². The second-order valence-electron chi connectivity index (χ2n) is 16.8. The Morgan fingerprint density at radius 2 is 1.69 bits per heavy atom. The quantitative estimate of drug-likeness (QED) is 0.0995. The molecule has 2 aliphatic rings. The van der Waals surface area contributed by atoms with Gasteiger partial charge in [-0.3, -0.25) is 14.4 Å². The van der Waals surface area contributed by atoms with Crippen molar-refractivity contribution >= 4 is 63.2 Å². The van der Waals surface area contributed by atoms with Crippen molar-refractivity contribution in [3.8, 4) is 11.3 Å². The van der Waals surface area contributed by atoms with Crippen LogP contribution >= 0.6 is 0 Å². The van der Waals surface area contributed by atoms with Crippen LogP contribution in [0.25, 0.3) is 33.6 Å². The van der Waals surface area contributed by atoms with Crippen molar-refractivity contribution in [3.05, 3.63) is 78.4 Å². The fourth-order valence-corrected chi connectivity index (χ4v) is 7.40. The predicted octanol–water partition coefficient (Wildman–Crippen LogP) is 5.10. The summed E-state index contributed by atoms with van der Waals surface area (Å²) in [7, 11) is 3.58. The zero-order chi connectivity index (χ0) is 43.1. The fraction of sp³-hybridized carbons (Fsp3) is 0.395. The van der Waals surface area contributed by atoms with Gasteiger partial charge in [0.2, 0.25) is 0 Å². The minimum absolute atomic E-state index is 0.160. The Morgan fingerprint density at radius 3 is 2.45 bits per heavy atom. The van der Waals surface area contributed by atoms with Gasteiger partial charge in [-0.15, -0.1) is 0 Å². The summed E-state index contributed by atoms with van der Waals surface area (Å²) in [5, 5.41) is 24.3. The molecule has 1 aliphatic heterocycles. The van der Waals surface area contributed by atoms with Gasteiger partial charge in [0.1, 0.15) is 40.0 Å². The largest absolute Gasteiger partial charge is 0.378 e. The molecule has 0 radical (unpaired) electrons. The SMILES string of the molecule is CNc1cc(-c2cn(C(C)C)c3ncccc23)nc2c(C(=O)NCC(C)(C)CON(C)c3cc(Nc4cccc(N5CCOCC5)n4)nc4c(C(=O)NC5CC5)cnn34)cnn12. The number of hydrogen-bond acceptors (Lipinski definition) is 14. The molecule has 4 N–H and O–H groups in total. The first-order chi connectivity index (χ1) is 30.0. The van der Waals surface area contributed by atoms with Gasteiger partial charge in [-0.2, -0.15) is 19.2 Å². The van der Waals surface area contributed by atoms with E-state index in [-0.39, 0.29) is 37.0 Å². The molecule has 1 aliphatic carbocycles. The number of amides is 2. The Balaban J connectivity index is 0.927. The third kappa shape index (κ3) is 8.15. The second-order valence-corrected chi connectivity index (χ2v) is 16.8. The van der Waals surface area contributed by atoms with E-state index < -0.39 is 5.41 Å². The third-order valence-corrected chi connectivity index (χ3v) is 11.0. The van der Waals surface area contributed by atoms with Gasteiger partial charge in [0.15, 0.2) is 17.1 Å². The average Bonchev–Trinajstić information content (AvgIpc) is 3.63. The van der Waals surface area contributed by atoms with Crippen LogP contribution in [-0.2, 0) is 9.57 Å². The molecule has 2 fully saturated rings. The molecule has 0 atom stereocenters. The van der Waals surface area contributed by atoms with Gasteiger partial charge >= 0.3 is 0 Å². The molecule has 8 heterocycles. The van der Waals surface area contributed by atoms with Crippen molar-refractivity contribution in [2.75, 3.05) is 74.1 Å². The van der Waals surface area contributed by atoms with Crippen molar-refractivity contribution in [2.24, 2.45) is 5.41 Å². The van der Waals surface area contributed by atoms with Gasteiger partial charge in [0.05, 0.1) is 37.9 Å². The number of carbonyl (C=O) groups is 2. The number of morpholine rings is 1. The molecule has 9 rings (SSSR count). The lowest BCUT2D eigenvalue weighted by Crippen LogP contribution is -2.38.